The van der Waals surface area contributed by atoms with Gasteiger partial charge in [0.15, 0.2) is 5.13 Å². The molecule has 1 aliphatic heterocycles. The van der Waals surface area contributed by atoms with E-state index in [1.807, 2.05) is 31.2 Å². The van der Waals surface area contributed by atoms with Crippen LogP contribution in [0.15, 0.2) is 72.3 Å². The molecule has 1 aliphatic rings. The van der Waals surface area contributed by atoms with E-state index in [9.17, 15) is 19.1 Å². The van der Waals surface area contributed by atoms with Crippen molar-refractivity contribution in [1.29, 1.82) is 0 Å². The van der Waals surface area contributed by atoms with E-state index < -0.39 is 23.5 Å². The number of carbonyl (C=O) groups is 2. The summed E-state index contributed by atoms with van der Waals surface area (Å²) in [6.45, 7) is 1.90. The normalized spacial score (nSPS) is 17.5. The number of methoxy groups -OCH3 is 1. The minimum atomic E-state index is -0.896. The number of ether oxygens (including phenoxy) is 1. The van der Waals surface area contributed by atoms with Crippen molar-refractivity contribution in [2.45, 2.75) is 13.0 Å². The van der Waals surface area contributed by atoms with Crippen LogP contribution >= 0.6 is 11.3 Å². The van der Waals surface area contributed by atoms with Crippen LogP contribution in [0.2, 0.25) is 0 Å². The second-order valence-electron chi connectivity index (χ2n) is 7.92. The summed E-state index contributed by atoms with van der Waals surface area (Å²) in [5, 5.41) is 11.4. The molecule has 3 aromatic carbocycles. The van der Waals surface area contributed by atoms with Crippen LogP contribution in [0.4, 0.5) is 9.52 Å². The molecule has 1 fully saturated rings. The van der Waals surface area contributed by atoms with Crippen LogP contribution in [0.1, 0.15) is 22.7 Å². The van der Waals surface area contributed by atoms with Crippen LogP contribution in [0.25, 0.3) is 16.0 Å². The van der Waals surface area contributed by atoms with Crippen molar-refractivity contribution >= 4 is 44.1 Å². The van der Waals surface area contributed by atoms with Gasteiger partial charge in [-0.2, -0.15) is 0 Å². The number of ketones is 1. The highest BCUT2D eigenvalue weighted by atomic mass is 32.1. The molecule has 2 heterocycles. The number of aliphatic hydroxyl groups excluding tert-OH is 1. The molecule has 4 aromatic rings. The largest absolute Gasteiger partial charge is 0.507 e. The number of rotatable bonds is 4. The van der Waals surface area contributed by atoms with Gasteiger partial charge in [0.25, 0.3) is 5.78 Å². The Kier molecular flexibility index (Phi) is 5.37. The number of thiazole rings is 1. The minimum absolute atomic E-state index is 0.0703. The highest BCUT2D eigenvalue weighted by Gasteiger charge is 2.48. The lowest BCUT2D eigenvalue weighted by atomic mass is 9.94. The summed E-state index contributed by atoms with van der Waals surface area (Å²) in [6.07, 6.45) is 0. The second-order valence-corrected chi connectivity index (χ2v) is 8.93. The number of halogens is 1. The van der Waals surface area contributed by atoms with Crippen LogP contribution in [0.5, 0.6) is 5.75 Å². The average Bonchev–Trinajstić information content (AvgIpc) is 3.36. The van der Waals surface area contributed by atoms with Gasteiger partial charge in [0, 0.05) is 5.56 Å². The standard InChI is InChI=1S/C26H19FN2O4S/c1-14-4-3-5-16(12-14)22-21(23(30)15-6-8-17(27)9-7-15)24(31)25(32)29(22)26-28-19-11-10-18(33-2)13-20(19)34-26/h3-13,22,30H,1-2H3/b23-21+. The Balaban J connectivity index is 1.72. The Bertz CT molecular complexity index is 1480. The van der Waals surface area contributed by atoms with Crippen molar-refractivity contribution < 1.29 is 23.8 Å². The lowest BCUT2D eigenvalue weighted by Crippen LogP contribution is -2.29. The van der Waals surface area contributed by atoms with Gasteiger partial charge in [0.2, 0.25) is 0 Å². The molecule has 5 rings (SSSR count). The summed E-state index contributed by atoms with van der Waals surface area (Å²) in [5.41, 5.74) is 2.41. The maximum atomic E-state index is 13.4. The van der Waals surface area contributed by atoms with Gasteiger partial charge < -0.3 is 9.84 Å². The topological polar surface area (TPSA) is 79.7 Å². The summed E-state index contributed by atoms with van der Waals surface area (Å²) >= 11 is 1.25. The predicted molar refractivity (Wildman–Crippen MR) is 129 cm³/mol. The van der Waals surface area contributed by atoms with Gasteiger partial charge in [-0.3, -0.25) is 14.5 Å². The molecule has 1 N–H and O–H groups in total. The first kappa shape index (κ1) is 21.8. The number of aromatic nitrogens is 1. The Morgan fingerprint density at radius 1 is 1.09 bits per heavy atom. The minimum Gasteiger partial charge on any atom is -0.507 e. The monoisotopic (exact) mass is 474 g/mol. The van der Waals surface area contributed by atoms with Crippen molar-refractivity contribution in [3.8, 4) is 5.75 Å². The van der Waals surface area contributed by atoms with Crippen molar-refractivity contribution in [1.82, 2.24) is 4.98 Å². The summed E-state index contributed by atoms with van der Waals surface area (Å²) in [5.74, 6) is -1.81. The zero-order valence-corrected chi connectivity index (χ0v) is 19.1. The summed E-state index contributed by atoms with van der Waals surface area (Å²) < 4.78 is 19.5. The number of nitrogens with zero attached hydrogens (tertiary/aromatic N) is 2. The number of hydrogen-bond donors (Lipinski definition) is 1. The maximum Gasteiger partial charge on any atom is 0.301 e. The molecule has 0 aliphatic carbocycles. The molecule has 1 atom stereocenters. The number of anilines is 1. The van der Waals surface area contributed by atoms with Crippen molar-refractivity contribution in [2.75, 3.05) is 12.0 Å². The number of fused-ring (bicyclic) bond motifs is 1. The summed E-state index contributed by atoms with van der Waals surface area (Å²) in [6, 6.07) is 17.0. The van der Waals surface area contributed by atoms with Gasteiger partial charge in [0.05, 0.1) is 28.9 Å². The summed E-state index contributed by atoms with van der Waals surface area (Å²) in [4.78, 5) is 32.4. The molecule has 0 saturated carbocycles. The van der Waals surface area contributed by atoms with Gasteiger partial charge in [-0.05, 0) is 55.0 Å². The average molecular weight is 475 g/mol. The van der Waals surface area contributed by atoms with E-state index in [4.69, 9.17) is 4.74 Å². The number of benzene rings is 3. The SMILES string of the molecule is COc1ccc2nc(N3C(=O)C(=O)/C(=C(/O)c4ccc(F)cc4)C3c3cccc(C)c3)sc2c1. The van der Waals surface area contributed by atoms with Crippen LogP contribution in [-0.2, 0) is 9.59 Å². The van der Waals surface area contributed by atoms with Crippen LogP contribution in [0, 0.1) is 12.7 Å². The fraction of sp³-hybridized carbons (Fsp3) is 0.115. The number of carbonyl (C=O) groups excluding carboxylic acids is 2. The number of hydrogen-bond acceptors (Lipinski definition) is 6. The van der Waals surface area contributed by atoms with Crippen LogP contribution in [-0.4, -0.2) is 28.9 Å². The molecule has 8 heteroatoms. The Hall–Kier alpha value is -4.04. The lowest BCUT2D eigenvalue weighted by molar-refractivity contribution is -0.132. The molecule has 1 aromatic heterocycles. The molecule has 0 bridgehead atoms. The lowest BCUT2D eigenvalue weighted by Gasteiger charge is -2.23. The Morgan fingerprint density at radius 2 is 1.85 bits per heavy atom. The maximum absolute atomic E-state index is 13.4. The first-order valence-electron chi connectivity index (χ1n) is 10.5. The molecular formula is C26H19FN2O4S. The second kappa shape index (κ2) is 8.39. The van der Waals surface area contributed by atoms with E-state index in [0.29, 0.717) is 22.0 Å². The molecule has 34 heavy (non-hydrogen) atoms. The zero-order valence-electron chi connectivity index (χ0n) is 18.3. The zero-order chi connectivity index (χ0) is 24.0. The van der Waals surface area contributed by atoms with Crippen molar-refractivity contribution in [3.05, 3.63) is 94.8 Å². The van der Waals surface area contributed by atoms with Crippen molar-refractivity contribution in [3.63, 3.8) is 0 Å². The molecular weight excluding hydrogens is 455 g/mol. The van der Waals surface area contributed by atoms with E-state index >= 15 is 0 Å². The molecule has 6 nitrogen and oxygen atoms in total. The van der Waals surface area contributed by atoms with Crippen LogP contribution in [0.3, 0.4) is 0 Å². The molecule has 0 radical (unpaired) electrons. The first-order chi connectivity index (χ1) is 16.4. The quantitative estimate of drug-likeness (QED) is 0.244. The number of aryl methyl sites for hydroxylation is 1. The Labute approximate surface area is 198 Å². The first-order valence-corrected chi connectivity index (χ1v) is 11.3. The fourth-order valence-corrected chi connectivity index (χ4v) is 5.09. The number of Topliss-reactive ketones (excluding diaryl/α,β-unsaturated/α-hetero) is 1. The molecule has 0 spiro atoms. The van der Waals surface area contributed by atoms with Gasteiger partial charge in [0.1, 0.15) is 17.3 Å². The van der Waals surface area contributed by atoms with Crippen LogP contribution < -0.4 is 9.64 Å². The highest BCUT2D eigenvalue weighted by Crippen LogP contribution is 2.44. The van der Waals surface area contributed by atoms with Gasteiger partial charge >= 0.3 is 5.91 Å². The van der Waals surface area contributed by atoms with Crippen molar-refractivity contribution in [2.24, 2.45) is 0 Å². The summed E-state index contributed by atoms with van der Waals surface area (Å²) in [7, 11) is 1.56. The third-order valence-electron chi connectivity index (χ3n) is 5.71. The Morgan fingerprint density at radius 3 is 2.56 bits per heavy atom. The van der Waals surface area contributed by atoms with E-state index in [2.05, 4.69) is 4.98 Å². The molecule has 1 unspecified atom stereocenters. The van der Waals surface area contributed by atoms with Gasteiger partial charge in [-0.1, -0.05) is 41.2 Å². The smallest absolute Gasteiger partial charge is 0.301 e. The highest BCUT2D eigenvalue weighted by molar-refractivity contribution is 7.22. The molecule has 170 valence electrons. The number of amides is 1. The predicted octanol–water partition coefficient (Wildman–Crippen LogP) is 5.38. The fourth-order valence-electron chi connectivity index (χ4n) is 4.07. The number of aliphatic hydroxyl groups is 1. The van der Waals surface area contributed by atoms with E-state index in [1.54, 1.807) is 25.3 Å². The van der Waals surface area contributed by atoms with Gasteiger partial charge in [-0.15, -0.1) is 0 Å². The molecule has 1 amide bonds. The third kappa shape index (κ3) is 3.62. The van der Waals surface area contributed by atoms with E-state index in [-0.39, 0.29) is 16.9 Å². The van der Waals surface area contributed by atoms with E-state index in [0.717, 1.165) is 10.3 Å². The third-order valence-corrected chi connectivity index (χ3v) is 6.73. The van der Waals surface area contributed by atoms with Gasteiger partial charge in [-0.25, -0.2) is 9.37 Å². The van der Waals surface area contributed by atoms with E-state index in [1.165, 1.54) is 40.5 Å². The molecule has 1 saturated heterocycles.